The zero-order chi connectivity index (χ0) is 9.56. The van der Waals surface area contributed by atoms with Crippen LogP contribution < -0.4 is 0 Å². The molecule has 0 aliphatic heterocycles. The van der Waals surface area contributed by atoms with Gasteiger partial charge in [0.1, 0.15) is 6.07 Å². The van der Waals surface area contributed by atoms with Gasteiger partial charge in [-0.25, -0.2) is 4.79 Å². The van der Waals surface area contributed by atoms with Crippen LogP contribution >= 0.6 is 0 Å². The number of nitriles is 1. The first-order chi connectivity index (χ1) is 5.61. The smallest absolute Gasteiger partial charge is 0.373 e. The maximum Gasteiger partial charge on any atom is 0.373 e. The van der Waals surface area contributed by atoms with E-state index in [0.29, 0.717) is 0 Å². The second kappa shape index (κ2) is 5.19. The Balaban J connectivity index is 3.89. The highest BCUT2D eigenvalue weighted by molar-refractivity contribution is 5.85. The van der Waals surface area contributed by atoms with Crippen LogP contribution in [0, 0.1) is 11.3 Å². The van der Waals surface area contributed by atoms with Gasteiger partial charge in [-0.15, -0.1) is 0 Å². The van der Waals surface area contributed by atoms with E-state index in [2.05, 4.69) is 11.3 Å². The molecule has 0 bridgehead atoms. The number of rotatable bonds is 4. The molecular weight excluding hydrogens is 158 g/mol. The van der Waals surface area contributed by atoms with Gasteiger partial charge < -0.3 is 9.47 Å². The molecule has 4 nitrogen and oxygen atoms in total. The number of hydrogen-bond acceptors (Lipinski definition) is 4. The molecule has 0 aromatic heterocycles. The summed E-state index contributed by atoms with van der Waals surface area (Å²) in [6, 6.07) is 1.80. The van der Waals surface area contributed by atoms with E-state index < -0.39 is 12.1 Å². The minimum absolute atomic E-state index is 0.133. The van der Waals surface area contributed by atoms with Crippen LogP contribution in [-0.2, 0) is 14.3 Å². The molecule has 0 saturated heterocycles. The van der Waals surface area contributed by atoms with Gasteiger partial charge in [0.15, 0.2) is 11.9 Å². The van der Waals surface area contributed by atoms with Crippen molar-refractivity contribution in [2.45, 2.75) is 20.0 Å². The molecule has 0 aliphatic rings. The van der Waals surface area contributed by atoms with Gasteiger partial charge in [-0.3, -0.25) is 0 Å². The zero-order valence-electron chi connectivity index (χ0n) is 7.16. The summed E-state index contributed by atoms with van der Waals surface area (Å²) in [6.07, 6.45) is -0.679. The van der Waals surface area contributed by atoms with Crippen molar-refractivity contribution >= 4 is 5.97 Å². The second-order valence-corrected chi connectivity index (χ2v) is 2.03. The molecule has 0 amide bonds. The molecule has 0 radical (unpaired) electrons. The van der Waals surface area contributed by atoms with E-state index in [1.54, 1.807) is 13.0 Å². The molecule has 0 N–H and O–H groups in total. The summed E-state index contributed by atoms with van der Waals surface area (Å²) >= 11 is 0. The van der Waals surface area contributed by atoms with Crippen molar-refractivity contribution in [3.05, 3.63) is 12.3 Å². The van der Waals surface area contributed by atoms with Gasteiger partial charge in [0.05, 0.1) is 6.61 Å². The monoisotopic (exact) mass is 169 g/mol. The maximum atomic E-state index is 10.8. The average Bonchev–Trinajstić information content (AvgIpc) is 2.04. The predicted molar refractivity (Wildman–Crippen MR) is 41.9 cm³/mol. The van der Waals surface area contributed by atoms with Crippen LogP contribution in [-0.4, -0.2) is 18.7 Å². The van der Waals surface area contributed by atoms with E-state index in [9.17, 15) is 4.79 Å². The quantitative estimate of drug-likeness (QED) is 0.357. The Morgan fingerprint density at radius 1 is 1.75 bits per heavy atom. The van der Waals surface area contributed by atoms with Crippen LogP contribution in [0.15, 0.2) is 12.3 Å². The molecule has 0 heterocycles. The minimum Gasteiger partial charge on any atom is -0.469 e. The Labute approximate surface area is 71.4 Å². The molecule has 0 rings (SSSR count). The summed E-state index contributed by atoms with van der Waals surface area (Å²) in [5.41, 5.74) is 0. The third-order valence-corrected chi connectivity index (χ3v) is 1.00. The molecule has 0 aromatic carbocycles. The summed E-state index contributed by atoms with van der Waals surface area (Å²) in [4.78, 5) is 10.8. The number of hydrogen-bond donors (Lipinski definition) is 0. The fourth-order valence-electron chi connectivity index (χ4n) is 0.499. The Morgan fingerprint density at radius 3 is 2.75 bits per heavy atom. The fourth-order valence-corrected chi connectivity index (χ4v) is 0.499. The topological polar surface area (TPSA) is 59.3 Å². The molecule has 0 fully saturated rings. The lowest BCUT2D eigenvalue weighted by Crippen LogP contribution is -2.13. The van der Waals surface area contributed by atoms with E-state index >= 15 is 0 Å². The predicted octanol–water partition coefficient (Wildman–Crippen LogP) is 0.992. The molecule has 66 valence electrons. The number of carbonyl (C=O) groups is 1. The highest BCUT2D eigenvalue weighted by atomic mass is 16.6. The third-order valence-electron chi connectivity index (χ3n) is 1.00. The fraction of sp³-hybridized carbons (Fsp3) is 0.500. The van der Waals surface area contributed by atoms with Crippen molar-refractivity contribution in [1.29, 1.82) is 5.26 Å². The van der Waals surface area contributed by atoms with Crippen molar-refractivity contribution in [3.63, 3.8) is 0 Å². The van der Waals surface area contributed by atoms with Gasteiger partial charge in [-0.1, -0.05) is 0 Å². The van der Waals surface area contributed by atoms with Gasteiger partial charge >= 0.3 is 5.97 Å². The van der Waals surface area contributed by atoms with Crippen molar-refractivity contribution in [1.82, 2.24) is 0 Å². The molecular formula is C8H11NO3. The van der Waals surface area contributed by atoms with Gasteiger partial charge in [0.2, 0.25) is 0 Å². The molecule has 0 unspecified atom stereocenters. The minimum atomic E-state index is -0.679. The molecule has 0 aliphatic carbocycles. The van der Waals surface area contributed by atoms with Crippen LogP contribution in [0.1, 0.15) is 13.8 Å². The van der Waals surface area contributed by atoms with Gasteiger partial charge in [-0.2, -0.15) is 5.26 Å². The Kier molecular flexibility index (Phi) is 4.54. The average molecular weight is 169 g/mol. The van der Waals surface area contributed by atoms with Crippen LogP contribution in [0.2, 0.25) is 0 Å². The Hall–Kier alpha value is -1.50. The number of esters is 1. The van der Waals surface area contributed by atoms with Crippen LogP contribution in [0.4, 0.5) is 0 Å². The zero-order valence-corrected chi connectivity index (χ0v) is 7.16. The van der Waals surface area contributed by atoms with E-state index in [0.717, 1.165) is 0 Å². The van der Waals surface area contributed by atoms with Crippen LogP contribution in [0.5, 0.6) is 0 Å². The molecule has 1 atom stereocenters. The van der Waals surface area contributed by atoms with Crippen molar-refractivity contribution in [2.24, 2.45) is 0 Å². The summed E-state index contributed by atoms with van der Waals surface area (Å²) in [5.74, 6) is -0.759. The second-order valence-electron chi connectivity index (χ2n) is 2.03. The standard InChI is InChI=1S/C8H11NO3/c1-4-11-8(10)7(3)12-6(2)5-9/h6H,3-4H2,1-2H3/t6-/m0/s1. The van der Waals surface area contributed by atoms with E-state index in [1.165, 1.54) is 6.92 Å². The first-order valence-electron chi connectivity index (χ1n) is 3.54. The normalized spacial score (nSPS) is 11.1. The van der Waals surface area contributed by atoms with Gasteiger partial charge in [-0.05, 0) is 20.4 Å². The lowest BCUT2D eigenvalue weighted by molar-refractivity contribution is -0.143. The molecule has 0 aromatic rings. The van der Waals surface area contributed by atoms with Crippen LogP contribution in [0.3, 0.4) is 0 Å². The molecule has 4 heteroatoms. The third kappa shape index (κ3) is 3.62. The van der Waals surface area contributed by atoms with E-state index in [4.69, 9.17) is 10.00 Å². The number of ether oxygens (including phenoxy) is 2. The summed E-state index contributed by atoms with van der Waals surface area (Å²) in [6.45, 7) is 6.78. The van der Waals surface area contributed by atoms with Gasteiger partial charge in [0, 0.05) is 0 Å². The number of carbonyl (C=O) groups excluding carboxylic acids is 1. The van der Waals surface area contributed by atoms with Crippen molar-refractivity contribution in [2.75, 3.05) is 6.61 Å². The first kappa shape index (κ1) is 10.5. The maximum absolute atomic E-state index is 10.8. The Bertz CT molecular complexity index is 217. The lowest BCUT2D eigenvalue weighted by Gasteiger charge is -2.08. The van der Waals surface area contributed by atoms with E-state index in [1.807, 2.05) is 0 Å². The molecule has 0 spiro atoms. The van der Waals surface area contributed by atoms with Gasteiger partial charge in [0.25, 0.3) is 0 Å². The van der Waals surface area contributed by atoms with Crippen LogP contribution in [0.25, 0.3) is 0 Å². The lowest BCUT2D eigenvalue weighted by atomic mass is 10.4. The molecule has 0 saturated carbocycles. The van der Waals surface area contributed by atoms with E-state index in [-0.39, 0.29) is 12.4 Å². The van der Waals surface area contributed by atoms with Crippen molar-refractivity contribution in [3.8, 4) is 6.07 Å². The number of nitrogens with zero attached hydrogens (tertiary/aromatic N) is 1. The highest BCUT2D eigenvalue weighted by Crippen LogP contribution is 2.01. The summed E-state index contributed by atoms with van der Waals surface area (Å²) in [7, 11) is 0. The van der Waals surface area contributed by atoms with Crippen molar-refractivity contribution < 1.29 is 14.3 Å². The summed E-state index contributed by atoms with van der Waals surface area (Å²) < 4.78 is 9.36. The highest BCUT2D eigenvalue weighted by Gasteiger charge is 2.11. The molecule has 12 heavy (non-hydrogen) atoms. The summed E-state index contributed by atoms with van der Waals surface area (Å²) in [5, 5.41) is 8.33. The SMILES string of the molecule is C=C(O[C@@H](C)C#N)C(=O)OCC. The first-order valence-corrected chi connectivity index (χ1v) is 3.54. The Morgan fingerprint density at radius 2 is 2.33 bits per heavy atom. The largest absolute Gasteiger partial charge is 0.469 e.